The van der Waals surface area contributed by atoms with Gasteiger partial charge in [0.2, 0.25) is 0 Å². The molecule has 1 aromatic heterocycles. The number of aryl methyl sites for hydroxylation is 1. The molecule has 5 heteroatoms. The van der Waals surface area contributed by atoms with Crippen LogP contribution >= 0.6 is 23.4 Å². The second-order valence-corrected chi connectivity index (χ2v) is 4.69. The summed E-state index contributed by atoms with van der Waals surface area (Å²) >= 11 is 7.30. The van der Waals surface area contributed by atoms with E-state index in [-0.39, 0.29) is 5.82 Å². The van der Waals surface area contributed by atoms with Crippen LogP contribution in [0.2, 0.25) is 0 Å². The normalized spacial score (nSPS) is 10.8. The van der Waals surface area contributed by atoms with Crippen LogP contribution in [-0.4, -0.2) is 22.1 Å². The third kappa shape index (κ3) is 2.82. The monoisotopic (exact) mass is 270 g/mol. The second-order valence-electron chi connectivity index (χ2n) is 3.52. The minimum Gasteiger partial charge on any atom is -0.336 e. The average Bonchev–Trinajstić information content (AvgIpc) is 2.74. The molecule has 17 heavy (non-hydrogen) atoms. The Hall–Kier alpha value is -1.000. The molecule has 1 N–H and O–H groups in total. The van der Waals surface area contributed by atoms with Crippen molar-refractivity contribution in [3.8, 4) is 11.3 Å². The molecule has 2 rings (SSSR count). The first kappa shape index (κ1) is 12.5. The summed E-state index contributed by atoms with van der Waals surface area (Å²) in [5.74, 6) is 0.290. The van der Waals surface area contributed by atoms with E-state index in [9.17, 15) is 4.39 Å². The predicted octanol–water partition coefficient (Wildman–Crippen LogP) is 3.72. The summed E-state index contributed by atoms with van der Waals surface area (Å²) in [7, 11) is 0. The Labute approximate surface area is 109 Å². The Kier molecular flexibility index (Phi) is 4.07. The van der Waals surface area contributed by atoms with E-state index in [1.54, 1.807) is 23.9 Å². The zero-order chi connectivity index (χ0) is 12.3. The molecule has 0 aliphatic rings. The van der Waals surface area contributed by atoms with E-state index in [0.717, 1.165) is 28.5 Å². The summed E-state index contributed by atoms with van der Waals surface area (Å²) in [6.07, 6.45) is 2.68. The van der Waals surface area contributed by atoms with E-state index >= 15 is 0 Å². The number of imidazole rings is 1. The van der Waals surface area contributed by atoms with Gasteiger partial charge in [0.15, 0.2) is 5.16 Å². The summed E-state index contributed by atoms with van der Waals surface area (Å²) in [5.41, 5.74) is 2.76. The van der Waals surface area contributed by atoms with Gasteiger partial charge in [-0.3, -0.25) is 0 Å². The summed E-state index contributed by atoms with van der Waals surface area (Å²) in [4.78, 5) is 7.69. The summed E-state index contributed by atoms with van der Waals surface area (Å²) < 4.78 is 12.9. The fourth-order valence-electron chi connectivity index (χ4n) is 1.60. The van der Waals surface area contributed by atoms with Gasteiger partial charge in [-0.2, -0.15) is 0 Å². The predicted molar refractivity (Wildman–Crippen MR) is 70.2 cm³/mol. The fraction of sp³-hybridized carbons (Fsp3) is 0.250. The van der Waals surface area contributed by atoms with Crippen LogP contribution in [-0.2, 0) is 6.42 Å². The number of hydrogen-bond donors (Lipinski definition) is 1. The van der Waals surface area contributed by atoms with E-state index < -0.39 is 0 Å². The number of nitrogens with one attached hydrogen (secondary N) is 1. The number of benzene rings is 1. The summed E-state index contributed by atoms with van der Waals surface area (Å²) in [6.45, 7) is 0. The van der Waals surface area contributed by atoms with E-state index in [0.29, 0.717) is 5.88 Å². The van der Waals surface area contributed by atoms with Crippen molar-refractivity contribution in [2.45, 2.75) is 11.6 Å². The quantitative estimate of drug-likeness (QED) is 0.678. The number of nitrogens with zero attached hydrogens (tertiary/aromatic N) is 1. The van der Waals surface area contributed by atoms with Crippen molar-refractivity contribution in [1.29, 1.82) is 0 Å². The van der Waals surface area contributed by atoms with Crippen molar-refractivity contribution >= 4 is 23.4 Å². The number of aromatic amines is 1. The fourth-order valence-corrected chi connectivity index (χ4v) is 2.20. The zero-order valence-corrected chi connectivity index (χ0v) is 10.9. The molecule has 2 aromatic rings. The van der Waals surface area contributed by atoms with Crippen molar-refractivity contribution in [2.24, 2.45) is 0 Å². The van der Waals surface area contributed by atoms with Crippen LogP contribution in [0, 0.1) is 5.82 Å². The van der Waals surface area contributed by atoms with E-state index in [1.807, 2.05) is 6.26 Å². The number of thioether (sulfide) groups is 1. The third-order valence-electron chi connectivity index (χ3n) is 2.41. The maximum atomic E-state index is 12.9. The van der Waals surface area contributed by atoms with Crippen LogP contribution in [0.15, 0.2) is 29.4 Å². The van der Waals surface area contributed by atoms with Gasteiger partial charge in [0.05, 0.1) is 5.69 Å². The maximum absolute atomic E-state index is 12.9. The Morgan fingerprint density at radius 1 is 1.35 bits per heavy atom. The molecule has 0 aliphatic heterocycles. The largest absolute Gasteiger partial charge is 0.336 e. The molecule has 0 amide bonds. The van der Waals surface area contributed by atoms with Crippen LogP contribution in [0.4, 0.5) is 4.39 Å². The van der Waals surface area contributed by atoms with Gasteiger partial charge in [-0.05, 0) is 30.5 Å². The lowest BCUT2D eigenvalue weighted by molar-refractivity contribution is 0.628. The van der Waals surface area contributed by atoms with Gasteiger partial charge < -0.3 is 4.98 Å². The molecule has 0 fully saturated rings. The Morgan fingerprint density at radius 2 is 2.06 bits per heavy atom. The lowest BCUT2D eigenvalue weighted by Crippen LogP contribution is -1.90. The van der Waals surface area contributed by atoms with Crippen LogP contribution in [0.25, 0.3) is 11.3 Å². The molecular formula is C12H12ClFN2S. The molecule has 0 aliphatic carbocycles. The van der Waals surface area contributed by atoms with Crippen molar-refractivity contribution in [3.05, 3.63) is 35.8 Å². The van der Waals surface area contributed by atoms with Gasteiger partial charge in [0.25, 0.3) is 0 Å². The first-order chi connectivity index (χ1) is 8.24. The van der Waals surface area contributed by atoms with Crippen LogP contribution < -0.4 is 0 Å². The summed E-state index contributed by atoms with van der Waals surface area (Å²) in [6, 6.07) is 6.33. The van der Waals surface area contributed by atoms with Gasteiger partial charge in [-0.1, -0.05) is 11.8 Å². The minimum atomic E-state index is -0.242. The maximum Gasteiger partial charge on any atom is 0.165 e. The number of H-pyrrole nitrogens is 1. The molecule has 1 aromatic carbocycles. The van der Waals surface area contributed by atoms with Crippen molar-refractivity contribution < 1.29 is 4.39 Å². The number of aromatic nitrogens is 2. The molecular weight excluding hydrogens is 259 g/mol. The Balaban J connectivity index is 2.42. The number of alkyl halides is 1. The molecule has 0 radical (unpaired) electrons. The highest BCUT2D eigenvalue weighted by Crippen LogP contribution is 2.25. The molecule has 0 atom stereocenters. The molecule has 90 valence electrons. The highest BCUT2D eigenvalue weighted by Gasteiger charge is 2.11. The van der Waals surface area contributed by atoms with Gasteiger partial charge in [-0.15, -0.1) is 11.6 Å². The number of hydrogen-bond acceptors (Lipinski definition) is 2. The molecule has 0 spiro atoms. The first-order valence-electron chi connectivity index (χ1n) is 5.19. The highest BCUT2D eigenvalue weighted by atomic mass is 35.5. The number of rotatable bonds is 4. The zero-order valence-electron chi connectivity index (χ0n) is 9.34. The molecule has 0 unspecified atom stereocenters. The molecule has 0 saturated carbocycles. The molecule has 2 nitrogen and oxygen atoms in total. The SMILES string of the molecule is CSc1nc(-c2ccc(F)cc2)c(CCCl)[nH]1. The average molecular weight is 271 g/mol. The van der Waals surface area contributed by atoms with E-state index in [1.165, 1.54) is 12.1 Å². The first-order valence-corrected chi connectivity index (χ1v) is 6.95. The molecule has 0 saturated heterocycles. The number of halogens is 2. The van der Waals surface area contributed by atoms with E-state index in [4.69, 9.17) is 11.6 Å². The summed E-state index contributed by atoms with van der Waals surface area (Å²) in [5, 5.41) is 0.851. The topological polar surface area (TPSA) is 28.7 Å². The van der Waals surface area contributed by atoms with Crippen LogP contribution in [0.1, 0.15) is 5.69 Å². The standard InChI is InChI=1S/C12H12ClFN2S/c1-17-12-15-10(6-7-13)11(16-12)8-2-4-9(14)5-3-8/h2-5H,6-7H2,1H3,(H,15,16). The van der Waals surface area contributed by atoms with E-state index in [2.05, 4.69) is 9.97 Å². The van der Waals surface area contributed by atoms with Crippen LogP contribution in [0.5, 0.6) is 0 Å². The lowest BCUT2D eigenvalue weighted by atomic mass is 10.1. The lowest BCUT2D eigenvalue weighted by Gasteiger charge is -2.00. The van der Waals surface area contributed by atoms with Crippen molar-refractivity contribution in [3.63, 3.8) is 0 Å². The minimum absolute atomic E-state index is 0.242. The Morgan fingerprint density at radius 3 is 2.65 bits per heavy atom. The second kappa shape index (κ2) is 5.56. The van der Waals surface area contributed by atoms with Crippen molar-refractivity contribution in [1.82, 2.24) is 9.97 Å². The van der Waals surface area contributed by atoms with Gasteiger partial charge in [-0.25, -0.2) is 9.37 Å². The van der Waals surface area contributed by atoms with Crippen molar-refractivity contribution in [2.75, 3.05) is 12.1 Å². The van der Waals surface area contributed by atoms with Gasteiger partial charge in [0.1, 0.15) is 5.82 Å². The van der Waals surface area contributed by atoms with Gasteiger partial charge >= 0.3 is 0 Å². The third-order valence-corrected chi connectivity index (χ3v) is 3.18. The molecule has 1 heterocycles. The van der Waals surface area contributed by atoms with Gasteiger partial charge in [0, 0.05) is 23.6 Å². The highest BCUT2D eigenvalue weighted by molar-refractivity contribution is 7.98. The van der Waals surface area contributed by atoms with Crippen LogP contribution in [0.3, 0.4) is 0 Å². The molecule has 0 bridgehead atoms. The Bertz CT molecular complexity index is 496. The smallest absolute Gasteiger partial charge is 0.165 e.